The summed E-state index contributed by atoms with van der Waals surface area (Å²) in [4.78, 5) is 12.3. The lowest BCUT2D eigenvalue weighted by Crippen LogP contribution is -2.44. The standard InChI is InChI=1S/C22H24BNO4/c1-2-3-4-5-18-15-26-23(27-16-18)20-10-8-19(9-11-20)22(25)28-21-12-6-17(14-24)7-13-21/h6-13,18H,2-5,15-16H2,1H3. The number of hydrogen-bond acceptors (Lipinski definition) is 5. The molecule has 1 aliphatic heterocycles. The van der Waals surface area contributed by atoms with Gasteiger partial charge >= 0.3 is 13.1 Å². The average Bonchev–Trinajstić information content (AvgIpc) is 2.75. The number of carbonyl (C=O) groups excluding carboxylic acids is 1. The average molecular weight is 377 g/mol. The van der Waals surface area contributed by atoms with Crippen LogP contribution in [0.2, 0.25) is 0 Å². The Bertz CT molecular complexity index is 806. The summed E-state index contributed by atoms with van der Waals surface area (Å²) in [5.74, 6) is 0.420. The number of ether oxygens (including phenoxy) is 1. The smallest absolute Gasteiger partial charge is 0.423 e. The van der Waals surface area contributed by atoms with Gasteiger partial charge in [-0.05, 0) is 48.3 Å². The molecule has 1 heterocycles. The van der Waals surface area contributed by atoms with E-state index >= 15 is 0 Å². The molecule has 0 atom stereocenters. The summed E-state index contributed by atoms with van der Waals surface area (Å²) in [7, 11) is -0.383. The third-order valence-corrected chi connectivity index (χ3v) is 4.80. The molecule has 28 heavy (non-hydrogen) atoms. The minimum atomic E-state index is -0.447. The molecule has 5 nitrogen and oxygen atoms in total. The summed E-state index contributed by atoms with van der Waals surface area (Å²) >= 11 is 0. The number of esters is 1. The van der Waals surface area contributed by atoms with Gasteiger partial charge in [-0.1, -0.05) is 38.3 Å². The highest BCUT2D eigenvalue weighted by atomic mass is 16.6. The zero-order valence-electron chi connectivity index (χ0n) is 16.1. The Hall–Kier alpha value is -2.62. The Kier molecular flexibility index (Phi) is 7.24. The van der Waals surface area contributed by atoms with Crippen molar-refractivity contribution in [1.29, 1.82) is 5.26 Å². The van der Waals surface area contributed by atoms with Crippen molar-refractivity contribution in [1.82, 2.24) is 0 Å². The molecule has 1 fully saturated rings. The first-order valence-electron chi connectivity index (χ1n) is 9.75. The van der Waals surface area contributed by atoms with Crippen molar-refractivity contribution in [3.63, 3.8) is 0 Å². The molecule has 0 radical (unpaired) electrons. The second-order valence-corrected chi connectivity index (χ2v) is 7.01. The molecular formula is C22H24BNO4. The molecule has 3 rings (SSSR count). The summed E-state index contributed by atoms with van der Waals surface area (Å²) in [6.07, 6.45) is 4.83. The monoisotopic (exact) mass is 377 g/mol. The van der Waals surface area contributed by atoms with Gasteiger partial charge in [0.25, 0.3) is 0 Å². The van der Waals surface area contributed by atoms with Crippen LogP contribution in [0.15, 0.2) is 48.5 Å². The number of unbranched alkanes of at least 4 members (excludes halogenated alkanes) is 2. The van der Waals surface area contributed by atoms with Crippen molar-refractivity contribution < 1.29 is 18.8 Å². The molecule has 6 heteroatoms. The van der Waals surface area contributed by atoms with Crippen LogP contribution in [-0.4, -0.2) is 26.3 Å². The molecule has 0 bridgehead atoms. The molecule has 0 N–H and O–H groups in total. The summed E-state index contributed by atoms with van der Waals surface area (Å²) in [5.41, 5.74) is 1.85. The van der Waals surface area contributed by atoms with Crippen LogP contribution in [0.25, 0.3) is 0 Å². The molecular weight excluding hydrogens is 353 g/mol. The highest BCUT2D eigenvalue weighted by Gasteiger charge is 2.29. The molecule has 0 amide bonds. The Labute approximate surface area is 166 Å². The van der Waals surface area contributed by atoms with E-state index in [4.69, 9.17) is 19.3 Å². The van der Waals surface area contributed by atoms with Crippen molar-refractivity contribution in [2.75, 3.05) is 13.2 Å². The van der Waals surface area contributed by atoms with E-state index < -0.39 is 5.97 Å². The van der Waals surface area contributed by atoms with Crippen LogP contribution in [0.1, 0.15) is 48.5 Å². The maximum absolute atomic E-state index is 12.3. The molecule has 0 aliphatic carbocycles. The van der Waals surface area contributed by atoms with Gasteiger partial charge in [-0.2, -0.15) is 5.26 Å². The van der Waals surface area contributed by atoms with Gasteiger partial charge < -0.3 is 14.0 Å². The number of carbonyl (C=O) groups is 1. The Morgan fingerprint density at radius 2 is 1.79 bits per heavy atom. The van der Waals surface area contributed by atoms with E-state index in [0.29, 0.717) is 36.0 Å². The lowest BCUT2D eigenvalue weighted by Gasteiger charge is -2.27. The second kappa shape index (κ2) is 10.1. The van der Waals surface area contributed by atoms with Crippen LogP contribution >= 0.6 is 0 Å². The first-order chi connectivity index (χ1) is 13.7. The van der Waals surface area contributed by atoms with Crippen LogP contribution in [0.5, 0.6) is 5.75 Å². The number of hydrogen-bond donors (Lipinski definition) is 0. The molecule has 0 aromatic heterocycles. The number of benzene rings is 2. The zero-order valence-corrected chi connectivity index (χ0v) is 16.1. The van der Waals surface area contributed by atoms with Gasteiger partial charge in [0.05, 0.1) is 17.2 Å². The van der Waals surface area contributed by atoms with Crippen molar-refractivity contribution in [3.8, 4) is 11.8 Å². The quantitative estimate of drug-likeness (QED) is 0.318. The van der Waals surface area contributed by atoms with Crippen LogP contribution in [0.4, 0.5) is 0 Å². The number of nitriles is 1. The summed E-state index contributed by atoms with van der Waals surface area (Å²) in [6, 6.07) is 15.5. The fraction of sp³-hybridized carbons (Fsp3) is 0.364. The Morgan fingerprint density at radius 3 is 2.39 bits per heavy atom. The van der Waals surface area contributed by atoms with Crippen molar-refractivity contribution in [2.45, 2.75) is 32.6 Å². The normalized spacial score (nSPS) is 14.5. The van der Waals surface area contributed by atoms with Gasteiger partial charge in [-0.3, -0.25) is 0 Å². The zero-order chi connectivity index (χ0) is 19.8. The van der Waals surface area contributed by atoms with E-state index in [1.54, 1.807) is 36.4 Å². The SMILES string of the molecule is CCCCCC1COB(c2ccc(C(=O)Oc3ccc(C#N)cc3)cc2)OC1. The lowest BCUT2D eigenvalue weighted by molar-refractivity contribution is 0.0734. The third-order valence-electron chi connectivity index (χ3n) is 4.80. The molecule has 1 aliphatic rings. The maximum atomic E-state index is 12.3. The van der Waals surface area contributed by atoms with Gasteiger partial charge in [0.2, 0.25) is 0 Å². The van der Waals surface area contributed by atoms with Crippen molar-refractivity contribution in [2.24, 2.45) is 5.92 Å². The van der Waals surface area contributed by atoms with Gasteiger partial charge in [0.15, 0.2) is 0 Å². The first-order valence-corrected chi connectivity index (χ1v) is 9.75. The lowest BCUT2D eigenvalue weighted by atomic mass is 9.77. The van der Waals surface area contributed by atoms with Crippen LogP contribution in [0, 0.1) is 17.2 Å². The summed E-state index contributed by atoms with van der Waals surface area (Å²) in [5, 5.41) is 8.81. The van der Waals surface area contributed by atoms with Crippen molar-refractivity contribution in [3.05, 3.63) is 59.7 Å². The Balaban J connectivity index is 1.52. The molecule has 144 valence electrons. The van der Waals surface area contributed by atoms with E-state index in [9.17, 15) is 4.79 Å². The largest absolute Gasteiger partial charge is 0.493 e. The summed E-state index contributed by atoms with van der Waals surface area (Å²) < 4.78 is 17.1. The molecule has 2 aromatic rings. The van der Waals surface area contributed by atoms with Gasteiger partial charge in [0, 0.05) is 19.1 Å². The molecule has 1 saturated heterocycles. The fourth-order valence-electron chi connectivity index (χ4n) is 3.13. The van der Waals surface area contributed by atoms with Crippen LogP contribution < -0.4 is 10.2 Å². The second-order valence-electron chi connectivity index (χ2n) is 7.01. The molecule has 0 unspecified atom stereocenters. The third kappa shape index (κ3) is 5.45. The van der Waals surface area contributed by atoms with Gasteiger partial charge in [0.1, 0.15) is 5.75 Å². The molecule has 0 spiro atoms. The minimum absolute atomic E-state index is 0.383. The van der Waals surface area contributed by atoms with E-state index in [1.807, 2.05) is 18.2 Å². The fourth-order valence-corrected chi connectivity index (χ4v) is 3.13. The number of nitrogens with zero attached hydrogens (tertiary/aromatic N) is 1. The van der Waals surface area contributed by atoms with Gasteiger partial charge in [-0.15, -0.1) is 0 Å². The minimum Gasteiger partial charge on any atom is -0.423 e. The van der Waals surface area contributed by atoms with Crippen LogP contribution in [-0.2, 0) is 9.31 Å². The summed E-state index contributed by atoms with van der Waals surface area (Å²) in [6.45, 7) is 3.61. The van der Waals surface area contributed by atoms with Crippen molar-refractivity contribution >= 4 is 18.6 Å². The topological polar surface area (TPSA) is 68.5 Å². The maximum Gasteiger partial charge on any atom is 0.493 e. The first kappa shape index (κ1) is 20.1. The predicted molar refractivity (Wildman–Crippen MR) is 107 cm³/mol. The predicted octanol–water partition coefficient (Wildman–Crippen LogP) is 3.72. The van der Waals surface area contributed by atoms with Gasteiger partial charge in [-0.25, -0.2) is 4.79 Å². The Morgan fingerprint density at radius 1 is 1.11 bits per heavy atom. The van der Waals surface area contributed by atoms with E-state index in [-0.39, 0.29) is 7.12 Å². The van der Waals surface area contributed by atoms with Crippen LogP contribution in [0.3, 0.4) is 0 Å². The molecule has 0 saturated carbocycles. The van der Waals surface area contributed by atoms with E-state index in [1.165, 1.54) is 19.3 Å². The highest BCUT2D eigenvalue weighted by molar-refractivity contribution is 6.61. The molecule has 2 aromatic carbocycles. The number of rotatable bonds is 7. The highest BCUT2D eigenvalue weighted by Crippen LogP contribution is 2.17. The van der Waals surface area contributed by atoms with E-state index in [2.05, 4.69) is 6.92 Å². The van der Waals surface area contributed by atoms with E-state index in [0.717, 1.165) is 11.9 Å².